The Kier molecular flexibility index (Phi) is 7.86. The van der Waals surface area contributed by atoms with Crippen molar-refractivity contribution in [1.82, 2.24) is 20.5 Å². The van der Waals surface area contributed by atoms with Gasteiger partial charge in [0.25, 0.3) is 0 Å². The van der Waals surface area contributed by atoms with E-state index in [2.05, 4.69) is 80.6 Å². The number of rotatable bonds is 6. The lowest BCUT2D eigenvalue weighted by Crippen LogP contribution is -2.48. The number of piperidine rings is 1. The molecule has 2 heterocycles. The fourth-order valence-corrected chi connectivity index (χ4v) is 3.95. The predicted molar refractivity (Wildman–Crippen MR) is 119 cm³/mol. The van der Waals surface area contributed by atoms with Crippen molar-refractivity contribution in [2.75, 3.05) is 19.6 Å². The van der Waals surface area contributed by atoms with E-state index >= 15 is 0 Å². The first-order chi connectivity index (χ1) is 13.6. The van der Waals surface area contributed by atoms with E-state index in [1.165, 1.54) is 11.1 Å². The molecule has 1 saturated heterocycles. The zero-order valence-corrected chi connectivity index (χ0v) is 18.4. The standard InChI is InChI=1S/C22H30BrN5/c1-3-24-22(26-15-18-7-8-19(23)14-17(18)2)27-20-9-12-28(13-10-20)16-21-6-4-5-11-25-21/h4-8,11,14,20H,3,9-10,12-13,15-16H2,1-2H3,(H2,24,26,27). The van der Waals surface area contributed by atoms with Crippen molar-refractivity contribution in [2.24, 2.45) is 4.99 Å². The van der Waals surface area contributed by atoms with Crippen molar-refractivity contribution < 1.29 is 0 Å². The van der Waals surface area contributed by atoms with Gasteiger partial charge in [-0.05, 0) is 62.1 Å². The molecule has 1 aromatic heterocycles. The van der Waals surface area contributed by atoms with Crippen LogP contribution in [0.15, 0.2) is 52.1 Å². The third-order valence-corrected chi connectivity index (χ3v) is 5.59. The van der Waals surface area contributed by atoms with Crippen LogP contribution in [0.2, 0.25) is 0 Å². The van der Waals surface area contributed by atoms with Crippen LogP contribution >= 0.6 is 15.9 Å². The summed E-state index contributed by atoms with van der Waals surface area (Å²) in [4.78, 5) is 11.7. The van der Waals surface area contributed by atoms with Gasteiger partial charge in [-0.2, -0.15) is 0 Å². The molecule has 0 bridgehead atoms. The number of likely N-dealkylation sites (tertiary alicyclic amines) is 1. The molecule has 1 aliphatic heterocycles. The molecule has 3 rings (SSSR count). The normalized spacial score (nSPS) is 16.2. The zero-order valence-electron chi connectivity index (χ0n) is 16.8. The Balaban J connectivity index is 1.51. The summed E-state index contributed by atoms with van der Waals surface area (Å²) in [5, 5.41) is 7.02. The van der Waals surface area contributed by atoms with E-state index in [1.54, 1.807) is 0 Å². The third-order valence-electron chi connectivity index (χ3n) is 5.10. The Morgan fingerprint density at radius 1 is 1.25 bits per heavy atom. The fourth-order valence-electron chi connectivity index (χ4n) is 3.47. The SMILES string of the molecule is CCNC(=NCc1ccc(Br)cc1C)NC1CCN(Cc2ccccn2)CC1. The number of aliphatic imine (C=N–C) groups is 1. The average Bonchev–Trinajstić information content (AvgIpc) is 2.69. The molecular formula is C22H30BrN5. The summed E-state index contributed by atoms with van der Waals surface area (Å²) in [5.74, 6) is 0.910. The van der Waals surface area contributed by atoms with Crippen molar-refractivity contribution in [3.63, 3.8) is 0 Å². The average molecular weight is 444 g/mol. The number of hydrogen-bond donors (Lipinski definition) is 2. The molecule has 1 aliphatic rings. The van der Waals surface area contributed by atoms with Gasteiger partial charge in [0.05, 0.1) is 12.2 Å². The Morgan fingerprint density at radius 3 is 2.75 bits per heavy atom. The number of pyridine rings is 1. The first kappa shape index (κ1) is 20.8. The highest BCUT2D eigenvalue weighted by atomic mass is 79.9. The summed E-state index contributed by atoms with van der Waals surface area (Å²) < 4.78 is 1.11. The smallest absolute Gasteiger partial charge is 0.191 e. The van der Waals surface area contributed by atoms with Crippen LogP contribution in [0, 0.1) is 6.92 Å². The Bertz CT molecular complexity index is 770. The van der Waals surface area contributed by atoms with Gasteiger partial charge in [0.2, 0.25) is 0 Å². The molecule has 0 aliphatic carbocycles. The Labute approximate surface area is 176 Å². The Hall–Kier alpha value is -1.92. The lowest BCUT2D eigenvalue weighted by molar-refractivity contribution is 0.196. The molecule has 1 fully saturated rings. The van der Waals surface area contributed by atoms with Crippen LogP contribution in [0.3, 0.4) is 0 Å². The lowest BCUT2D eigenvalue weighted by Gasteiger charge is -2.32. The predicted octanol–water partition coefficient (Wildman–Crippen LogP) is 3.87. The highest BCUT2D eigenvalue weighted by molar-refractivity contribution is 9.10. The molecule has 150 valence electrons. The van der Waals surface area contributed by atoms with Crippen molar-refractivity contribution in [3.8, 4) is 0 Å². The van der Waals surface area contributed by atoms with Gasteiger partial charge < -0.3 is 10.6 Å². The Morgan fingerprint density at radius 2 is 2.07 bits per heavy atom. The third kappa shape index (κ3) is 6.31. The number of aromatic nitrogens is 1. The second kappa shape index (κ2) is 10.6. The molecule has 0 radical (unpaired) electrons. The number of aryl methyl sites for hydroxylation is 1. The minimum atomic E-state index is 0.462. The largest absolute Gasteiger partial charge is 0.357 e. The van der Waals surface area contributed by atoms with Crippen LogP contribution in [0.4, 0.5) is 0 Å². The minimum absolute atomic E-state index is 0.462. The van der Waals surface area contributed by atoms with Crippen LogP contribution in [-0.2, 0) is 13.1 Å². The van der Waals surface area contributed by atoms with Crippen LogP contribution in [0.5, 0.6) is 0 Å². The van der Waals surface area contributed by atoms with Gasteiger partial charge in [0, 0.05) is 42.9 Å². The molecule has 28 heavy (non-hydrogen) atoms. The van der Waals surface area contributed by atoms with Crippen LogP contribution in [0.1, 0.15) is 36.6 Å². The van der Waals surface area contributed by atoms with Gasteiger partial charge >= 0.3 is 0 Å². The van der Waals surface area contributed by atoms with E-state index in [4.69, 9.17) is 4.99 Å². The molecule has 0 atom stereocenters. The minimum Gasteiger partial charge on any atom is -0.357 e. The molecular weight excluding hydrogens is 414 g/mol. The number of halogens is 1. The van der Waals surface area contributed by atoms with Crippen molar-refractivity contribution >= 4 is 21.9 Å². The molecule has 2 aromatic rings. The van der Waals surface area contributed by atoms with Crippen molar-refractivity contribution in [1.29, 1.82) is 0 Å². The van der Waals surface area contributed by atoms with Gasteiger partial charge in [-0.1, -0.05) is 28.1 Å². The van der Waals surface area contributed by atoms with Crippen molar-refractivity contribution in [2.45, 2.75) is 45.8 Å². The molecule has 2 N–H and O–H groups in total. The topological polar surface area (TPSA) is 52.6 Å². The molecule has 0 saturated carbocycles. The van der Waals surface area contributed by atoms with Crippen LogP contribution in [0.25, 0.3) is 0 Å². The number of hydrogen-bond acceptors (Lipinski definition) is 3. The number of guanidine groups is 1. The quantitative estimate of drug-likeness (QED) is 0.525. The number of benzene rings is 1. The van der Waals surface area contributed by atoms with E-state index in [-0.39, 0.29) is 0 Å². The maximum atomic E-state index is 4.81. The van der Waals surface area contributed by atoms with E-state index in [0.29, 0.717) is 12.6 Å². The highest BCUT2D eigenvalue weighted by Crippen LogP contribution is 2.17. The maximum absolute atomic E-state index is 4.81. The van der Waals surface area contributed by atoms with E-state index in [1.807, 2.05) is 12.3 Å². The highest BCUT2D eigenvalue weighted by Gasteiger charge is 2.20. The van der Waals surface area contributed by atoms with E-state index < -0.39 is 0 Å². The van der Waals surface area contributed by atoms with Gasteiger partial charge in [0.15, 0.2) is 5.96 Å². The van der Waals surface area contributed by atoms with Gasteiger partial charge in [-0.3, -0.25) is 9.88 Å². The molecule has 1 aromatic carbocycles. The summed E-state index contributed by atoms with van der Waals surface area (Å²) in [7, 11) is 0. The number of nitrogens with zero attached hydrogens (tertiary/aromatic N) is 3. The van der Waals surface area contributed by atoms with E-state index in [9.17, 15) is 0 Å². The summed E-state index contributed by atoms with van der Waals surface area (Å²) in [6.07, 6.45) is 4.11. The summed E-state index contributed by atoms with van der Waals surface area (Å²) in [5.41, 5.74) is 3.66. The molecule has 6 heteroatoms. The monoisotopic (exact) mass is 443 g/mol. The molecule has 0 amide bonds. The van der Waals surface area contributed by atoms with Gasteiger partial charge in [0.1, 0.15) is 0 Å². The summed E-state index contributed by atoms with van der Waals surface area (Å²) in [6, 6.07) is 13.0. The second-order valence-electron chi connectivity index (χ2n) is 7.28. The second-order valence-corrected chi connectivity index (χ2v) is 8.20. The lowest BCUT2D eigenvalue weighted by atomic mass is 10.0. The van der Waals surface area contributed by atoms with E-state index in [0.717, 1.165) is 55.1 Å². The van der Waals surface area contributed by atoms with Crippen LogP contribution < -0.4 is 10.6 Å². The number of nitrogens with one attached hydrogen (secondary N) is 2. The molecule has 5 nitrogen and oxygen atoms in total. The summed E-state index contributed by atoms with van der Waals surface area (Å²) in [6.45, 7) is 8.89. The molecule has 0 spiro atoms. The van der Waals surface area contributed by atoms with Crippen LogP contribution in [-0.4, -0.2) is 41.5 Å². The van der Waals surface area contributed by atoms with Gasteiger partial charge in [-0.25, -0.2) is 4.99 Å². The fraction of sp³-hybridized carbons (Fsp3) is 0.455. The first-order valence-electron chi connectivity index (χ1n) is 10.1. The molecule has 0 unspecified atom stereocenters. The van der Waals surface area contributed by atoms with Gasteiger partial charge in [-0.15, -0.1) is 0 Å². The summed E-state index contributed by atoms with van der Waals surface area (Å²) >= 11 is 3.52. The maximum Gasteiger partial charge on any atom is 0.191 e. The first-order valence-corrected chi connectivity index (χ1v) is 10.9. The zero-order chi connectivity index (χ0) is 19.8. The van der Waals surface area contributed by atoms with Crippen molar-refractivity contribution in [3.05, 3.63) is 63.9 Å².